The number of carbonyl (C=O) groups is 1. The number of nitrogens with one attached hydrogen (secondary N) is 2. The summed E-state index contributed by atoms with van der Waals surface area (Å²) in [7, 11) is 0. The SMILES string of the molecule is CCCc1cc(NC(=O)c2ccc3ncccc3c2)n[nH]1. The number of H-pyrrole nitrogens is 1. The lowest BCUT2D eigenvalue weighted by Crippen LogP contribution is -2.12. The molecule has 0 aliphatic rings. The Balaban J connectivity index is 1.79. The largest absolute Gasteiger partial charge is 0.305 e. The maximum absolute atomic E-state index is 12.2. The number of aromatic nitrogens is 3. The van der Waals surface area contributed by atoms with E-state index in [0.29, 0.717) is 11.4 Å². The lowest BCUT2D eigenvalue weighted by molar-refractivity contribution is 0.102. The van der Waals surface area contributed by atoms with Crippen LogP contribution in [-0.2, 0) is 6.42 Å². The first-order valence-corrected chi connectivity index (χ1v) is 6.96. The van der Waals surface area contributed by atoms with Crippen molar-refractivity contribution in [3.63, 3.8) is 0 Å². The summed E-state index contributed by atoms with van der Waals surface area (Å²) in [5.74, 6) is 0.380. The molecule has 1 amide bonds. The van der Waals surface area contributed by atoms with Crippen LogP contribution in [0.4, 0.5) is 5.82 Å². The second-order valence-electron chi connectivity index (χ2n) is 4.89. The van der Waals surface area contributed by atoms with E-state index in [1.54, 1.807) is 12.3 Å². The number of hydrogen-bond donors (Lipinski definition) is 2. The predicted octanol–water partition coefficient (Wildman–Crippen LogP) is 3.16. The highest BCUT2D eigenvalue weighted by molar-refractivity contribution is 6.05. The van der Waals surface area contributed by atoms with Gasteiger partial charge < -0.3 is 5.32 Å². The van der Waals surface area contributed by atoms with Crippen LogP contribution < -0.4 is 5.32 Å². The zero-order valence-electron chi connectivity index (χ0n) is 11.8. The van der Waals surface area contributed by atoms with Crippen LogP contribution in [0.1, 0.15) is 29.4 Å². The van der Waals surface area contributed by atoms with E-state index in [-0.39, 0.29) is 5.91 Å². The number of hydrogen-bond acceptors (Lipinski definition) is 3. The third-order valence-corrected chi connectivity index (χ3v) is 3.26. The second-order valence-corrected chi connectivity index (χ2v) is 4.89. The number of aromatic amines is 1. The number of carbonyl (C=O) groups excluding carboxylic acids is 1. The smallest absolute Gasteiger partial charge is 0.256 e. The minimum Gasteiger partial charge on any atom is -0.305 e. The topological polar surface area (TPSA) is 70.7 Å². The van der Waals surface area contributed by atoms with Gasteiger partial charge in [0.15, 0.2) is 5.82 Å². The predicted molar refractivity (Wildman–Crippen MR) is 82.3 cm³/mol. The highest BCUT2D eigenvalue weighted by atomic mass is 16.1. The molecule has 0 aliphatic heterocycles. The Morgan fingerprint density at radius 2 is 2.19 bits per heavy atom. The quantitative estimate of drug-likeness (QED) is 0.771. The summed E-state index contributed by atoms with van der Waals surface area (Å²) >= 11 is 0. The molecule has 0 saturated carbocycles. The molecule has 1 aromatic carbocycles. The molecular formula is C16H16N4O. The van der Waals surface area contributed by atoms with Gasteiger partial charge in [-0.15, -0.1) is 0 Å². The van der Waals surface area contributed by atoms with Crippen molar-refractivity contribution in [1.29, 1.82) is 0 Å². The van der Waals surface area contributed by atoms with Gasteiger partial charge in [0.1, 0.15) is 0 Å². The zero-order valence-corrected chi connectivity index (χ0v) is 11.8. The number of anilines is 1. The minimum atomic E-state index is -0.171. The van der Waals surface area contributed by atoms with E-state index < -0.39 is 0 Å². The van der Waals surface area contributed by atoms with Crippen LogP contribution in [-0.4, -0.2) is 21.1 Å². The fourth-order valence-electron chi connectivity index (χ4n) is 2.23. The molecule has 0 aliphatic carbocycles. The van der Waals surface area contributed by atoms with E-state index >= 15 is 0 Å². The van der Waals surface area contributed by atoms with E-state index in [0.717, 1.165) is 29.4 Å². The van der Waals surface area contributed by atoms with Crippen LogP contribution >= 0.6 is 0 Å². The molecule has 0 fully saturated rings. The fraction of sp³-hybridized carbons (Fsp3) is 0.188. The number of pyridine rings is 1. The number of benzene rings is 1. The van der Waals surface area contributed by atoms with Gasteiger partial charge in [-0.2, -0.15) is 5.10 Å². The minimum absolute atomic E-state index is 0.171. The Hall–Kier alpha value is -2.69. The first kappa shape index (κ1) is 13.3. The second kappa shape index (κ2) is 5.75. The molecule has 0 bridgehead atoms. The maximum Gasteiger partial charge on any atom is 0.256 e. The molecule has 0 atom stereocenters. The highest BCUT2D eigenvalue weighted by Crippen LogP contribution is 2.15. The highest BCUT2D eigenvalue weighted by Gasteiger charge is 2.09. The Bertz CT molecular complexity index is 779. The molecule has 106 valence electrons. The van der Waals surface area contributed by atoms with Crippen LogP contribution in [0.25, 0.3) is 10.9 Å². The number of fused-ring (bicyclic) bond motifs is 1. The standard InChI is InChI=1S/C16H16N4O/c1-2-4-13-10-15(20-19-13)18-16(21)12-6-7-14-11(9-12)5-3-8-17-14/h3,5-10H,2,4H2,1H3,(H2,18,19,20,21). The number of rotatable bonds is 4. The number of nitrogens with zero attached hydrogens (tertiary/aromatic N) is 2. The molecule has 3 aromatic rings. The molecule has 0 spiro atoms. The normalized spacial score (nSPS) is 10.7. The molecule has 2 aromatic heterocycles. The van der Waals surface area contributed by atoms with Crippen LogP contribution in [0.2, 0.25) is 0 Å². The summed E-state index contributed by atoms with van der Waals surface area (Å²) in [6, 6.07) is 11.1. The Labute approximate surface area is 122 Å². The Morgan fingerprint density at radius 3 is 3.05 bits per heavy atom. The van der Waals surface area contributed by atoms with Crippen LogP contribution in [0.3, 0.4) is 0 Å². The van der Waals surface area contributed by atoms with Crippen LogP contribution in [0.5, 0.6) is 0 Å². The van der Waals surface area contributed by atoms with E-state index in [2.05, 4.69) is 27.4 Å². The molecule has 0 saturated heterocycles. The summed E-state index contributed by atoms with van der Waals surface area (Å²) in [6.07, 6.45) is 3.69. The van der Waals surface area contributed by atoms with Gasteiger partial charge in [0.25, 0.3) is 5.91 Å². The van der Waals surface area contributed by atoms with E-state index in [1.807, 2.05) is 30.3 Å². The molecule has 2 N–H and O–H groups in total. The zero-order chi connectivity index (χ0) is 14.7. The summed E-state index contributed by atoms with van der Waals surface area (Å²) in [6.45, 7) is 2.10. The number of amides is 1. The summed E-state index contributed by atoms with van der Waals surface area (Å²) in [5.41, 5.74) is 2.49. The van der Waals surface area contributed by atoms with Gasteiger partial charge in [0, 0.05) is 28.9 Å². The lowest BCUT2D eigenvalue weighted by Gasteiger charge is -2.03. The Morgan fingerprint density at radius 1 is 1.29 bits per heavy atom. The van der Waals surface area contributed by atoms with Crippen molar-refractivity contribution in [2.45, 2.75) is 19.8 Å². The van der Waals surface area contributed by atoms with Crippen molar-refractivity contribution in [2.24, 2.45) is 0 Å². The van der Waals surface area contributed by atoms with Gasteiger partial charge in [-0.25, -0.2) is 0 Å². The number of aryl methyl sites for hydroxylation is 1. The molecule has 0 unspecified atom stereocenters. The van der Waals surface area contributed by atoms with E-state index in [9.17, 15) is 4.79 Å². The van der Waals surface area contributed by atoms with Crippen molar-refractivity contribution in [3.8, 4) is 0 Å². The van der Waals surface area contributed by atoms with Crippen molar-refractivity contribution >= 4 is 22.6 Å². The molecule has 5 heteroatoms. The van der Waals surface area contributed by atoms with Gasteiger partial charge >= 0.3 is 0 Å². The molecule has 0 radical (unpaired) electrons. The molecule has 5 nitrogen and oxygen atoms in total. The third kappa shape index (κ3) is 2.91. The average Bonchev–Trinajstić information content (AvgIpc) is 2.94. The molecule has 3 rings (SSSR count). The van der Waals surface area contributed by atoms with Gasteiger partial charge in [0.05, 0.1) is 5.52 Å². The summed E-state index contributed by atoms with van der Waals surface area (Å²) in [4.78, 5) is 16.5. The first-order valence-electron chi connectivity index (χ1n) is 6.96. The maximum atomic E-state index is 12.2. The first-order chi connectivity index (χ1) is 10.3. The average molecular weight is 280 g/mol. The van der Waals surface area contributed by atoms with E-state index in [4.69, 9.17) is 0 Å². The van der Waals surface area contributed by atoms with Crippen LogP contribution in [0.15, 0.2) is 42.6 Å². The van der Waals surface area contributed by atoms with Crippen molar-refractivity contribution in [1.82, 2.24) is 15.2 Å². The van der Waals surface area contributed by atoms with Crippen molar-refractivity contribution in [3.05, 3.63) is 53.9 Å². The van der Waals surface area contributed by atoms with Gasteiger partial charge in [-0.3, -0.25) is 14.9 Å². The van der Waals surface area contributed by atoms with Crippen LogP contribution in [0, 0.1) is 0 Å². The molecule has 2 heterocycles. The van der Waals surface area contributed by atoms with Crippen molar-refractivity contribution in [2.75, 3.05) is 5.32 Å². The summed E-state index contributed by atoms with van der Waals surface area (Å²) in [5, 5.41) is 10.8. The third-order valence-electron chi connectivity index (χ3n) is 3.26. The lowest BCUT2D eigenvalue weighted by atomic mass is 10.1. The molecular weight excluding hydrogens is 264 g/mol. The van der Waals surface area contributed by atoms with Crippen molar-refractivity contribution < 1.29 is 4.79 Å². The monoisotopic (exact) mass is 280 g/mol. The van der Waals surface area contributed by atoms with Gasteiger partial charge in [0.2, 0.25) is 0 Å². The van der Waals surface area contributed by atoms with Gasteiger partial charge in [-0.05, 0) is 30.7 Å². The summed E-state index contributed by atoms with van der Waals surface area (Å²) < 4.78 is 0. The van der Waals surface area contributed by atoms with Gasteiger partial charge in [-0.1, -0.05) is 19.4 Å². The fourth-order valence-corrected chi connectivity index (χ4v) is 2.23. The van der Waals surface area contributed by atoms with E-state index in [1.165, 1.54) is 0 Å². The molecule has 21 heavy (non-hydrogen) atoms. The Kier molecular flexibility index (Phi) is 3.64.